The fourth-order valence-corrected chi connectivity index (χ4v) is 3.53. The molecule has 0 bridgehead atoms. The number of carboxylic acids is 1. The molecule has 8 nitrogen and oxygen atoms in total. The Balaban J connectivity index is 1.78. The molecule has 1 atom stereocenters. The van der Waals surface area contributed by atoms with Crippen LogP contribution in [0.1, 0.15) is 44.7 Å². The number of carbonyl (C=O) groups is 2. The van der Waals surface area contributed by atoms with Gasteiger partial charge in [-0.1, -0.05) is 38.1 Å². The van der Waals surface area contributed by atoms with E-state index in [4.69, 9.17) is 18.9 Å². The van der Waals surface area contributed by atoms with Crippen LogP contribution in [0.15, 0.2) is 48.5 Å². The van der Waals surface area contributed by atoms with Crippen LogP contribution < -0.4 is 4.74 Å². The van der Waals surface area contributed by atoms with Crippen molar-refractivity contribution in [3.05, 3.63) is 65.5 Å². The second-order valence-corrected chi connectivity index (χ2v) is 9.32. The number of aliphatic carboxylic acids is 1. The number of carboxylic acid groups (broad SMARTS) is 1. The minimum atomic E-state index is -0.990. The van der Waals surface area contributed by atoms with E-state index in [0.717, 1.165) is 24.0 Å². The van der Waals surface area contributed by atoms with Gasteiger partial charge < -0.3 is 29.0 Å². The summed E-state index contributed by atoms with van der Waals surface area (Å²) in [6, 6.07) is 13.4. The lowest BCUT2D eigenvalue weighted by atomic mass is 10.1. The van der Waals surface area contributed by atoms with Crippen LogP contribution >= 0.6 is 0 Å². The molecule has 1 unspecified atom stereocenters. The van der Waals surface area contributed by atoms with E-state index in [1.165, 1.54) is 12.1 Å². The second-order valence-electron chi connectivity index (χ2n) is 9.32. The van der Waals surface area contributed by atoms with E-state index in [-0.39, 0.29) is 30.9 Å². The Morgan fingerprint density at radius 3 is 2.26 bits per heavy atom. The first-order valence-electron chi connectivity index (χ1n) is 13.1. The standard InChI is InChI=1S/C29H40FNO7/c1-4-36-27(28(32)33)19-23-9-13-26(14-10-23)37-18-16-31(29(34)38-20-22(2)3)15-5-6-17-35-21-24-7-11-25(30)12-8-24/h7-14,22,27H,4-6,15-21H2,1-3H3,(H,32,33). The molecule has 0 saturated carbocycles. The zero-order valence-corrected chi connectivity index (χ0v) is 22.6. The number of rotatable bonds is 18. The first kappa shape index (κ1) is 31.1. The summed E-state index contributed by atoms with van der Waals surface area (Å²) in [5.41, 5.74) is 1.74. The van der Waals surface area contributed by atoms with Gasteiger partial charge in [-0.2, -0.15) is 0 Å². The molecular weight excluding hydrogens is 493 g/mol. The third-order valence-corrected chi connectivity index (χ3v) is 5.56. The number of hydrogen-bond donors (Lipinski definition) is 1. The van der Waals surface area contributed by atoms with Crippen molar-refractivity contribution in [2.45, 2.75) is 52.7 Å². The molecule has 2 aromatic rings. The largest absolute Gasteiger partial charge is 0.492 e. The molecule has 0 aromatic heterocycles. The summed E-state index contributed by atoms with van der Waals surface area (Å²) >= 11 is 0. The highest BCUT2D eigenvalue weighted by atomic mass is 19.1. The second kappa shape index (κ2) is 17.4. The average Bonchev–Trinajstić information content (AvgIpc) is 2.89. The van der Waals surface area contributed by atoms with Gasteiger partial charge in [0.25, 0.3) is 0 Å². The highest BCUT2D eigenvalue weighted by molar-refractivity contribution is 5.72. The molecule has 0 saturated heterocycles. The van der Waals surface area contributed by atoms with E-state index in [9.17, 15) is 19.1 Å². The third kappa shape index (κ3) is 12.4. The van der Waals surface area contributed by atoms with Crippen LogP contribution in [-0.4, -0.2) is 67.7 Å². The number of benzene rings is 2. The van der Waals surface area contributed by atoms with Gasteiger partial charge >= 0.3 is 12.1 Å². The number of carbonyl (C=O) groups excluding carboxylic acids is 1. The fraction of sp³-hybridized carbons (Fsp3) is 0.517. The van der Waals surface area contributed by atoms with E-state index in [1.807, 2.05) is 26.0 Å². The van der Waals surface area contributed by atoms with E-state index in [0.29, 0.717) is 45.3 Å². The number of nitrogens with zero attached hydrogens (tertiary/aromatic N) is 1. The molecule has 9 heteroatoms. The molecule has 0 aliphatic rings. The van der Waals surface area contributed by atoms with Crippen molar-refractivity contribution < 1.29 is 38.0 Å². The molecule has 2 rings (SSSR count). The fourth-order valence-electron chi connectivity index (χ4n) is 3.53. The Kier molecular flexibility index (Phi) is 14.2. The Hall–Kier alpha value is -3.17. The van der Waals surface area contributed by atoms with Crippen molar-refractivity contribution in [2.75, 3.05) is 39.5 Å². The highest BCUT2D eigenvalue weighted by Crippen LogP contribution is 2.15. The summed E-state index contributed by atoms with van der Waals surface area (Å²) in [6.45, 7) is 8.50. The van der Waals surface area contributed by atoms with Gasteiger partial charge in [-0.15, -0.1) is 0 Å². The predicted octanol–water partition coefficient (Wildman–Crippen LogP) is 5.33. The summed E-state index contributed by atoms with van der Waals surface area (Å²) in [5.74, 6) is -0.401. The lowest BCUT2D eigenvalue weighted by Crippen LogP contribution is -2.36. The van der Waals surface area contributed by atoms with Crippen molar-refractivity contribution in [3.8, 4) is 5.75 Å². The Bertz CT molecular complexity index is 950. The molecule has 1 amide bonds. The van der Waals surface area contributed by atoms with Crippen molar-refractivity contribution in [3.63, 3.8) is 0 Å². The minimum Gasteiger partial charge on any atom is -0.492 e. The first-order valence-corrected chi connectivity index (χ1v) is 13.1. The summed E-state index contributed by atoms with van der Waals surface area (Å²) in [7, 11) is 0. The quantitative estimate of drug-likeness (QED) is 0.259. The summed E-state index contributed by atoms with van der Waals surface area (Å²) in [4.78, 5) is 25.5. The van der Waals surface area contributed by atoms with Crippen LogP contribution in [-0.2, 0) is 32.0 Å². The molecule has 0 aliphatic carbocycles. The average molecular weight is 534 g/mol. The number of amides is 1. The van der Waals surface area contributed by atoms with Crippen molar-refractivity contribution in [2.24, 2.45) is 5.92 Å². The molecule has 0 fully saturated rings. The van der Waals surface area contributed by atoms with Crippen LogP contribution in [0.2, 0.25) is 0 Å². The number of ether oxygens (including phenoxy) is 4. The van der Waals surface area contributed by atoms with Gasteiger partial charge in [0.15, 0.2) is 6.10 Å². The monoisotopic (exact) mass is 533 g/mol. The normalized spacial score (nSPS) is 11.8. The molecular formula is C29H40FNO7. The van der Waals surface area contributed by atoms with Gasteiger partial charge in [0.05, 0.1) is 19.8 Å². The van der Waals surface area contributed by atoms with Crippen molar-refractivity contribution in [1.82, 2.24) is 4.90 Å². The molecule has 2 aromatic carbocycles. The van der Waals surface area contributed by atoms with Gasteiger partial charge in [-0.25, -0.2) is 14.0 Å². The molecule has 0 radical (unpaired) electrons. The van der Waals surface area contributed by atoms with Gasteiger partial charge in [-0.05, 0) is 61.1 Å². The Labute approximate surface area is 224 Å². The molecule has 210 valence electrons. The SMILES string of the molecule is CCOC(Cc1ccc(OCCN(CCCCOCc2ccc(F)cc2)C(=O)OCC(C)C)cc1)C(=O)O. The maximum Gasteiger partial charge on any atom is 0.409 e. The molecule has 0 spiro atoms. The lowest BCUT2D eigenvalue weighted by Gasteiger charge is -2.23. The van der Waals surface area contributed by atoms with Crippen LogP contribution in [0, 0.1) is 11.7 Å². The zero-order chi connectivity index (χ0) is 27.8. The lowest BCUT2D eigenvalue weighted by molar-refractivity contribution is -0.149. The van der Waals surface area contributed by atoms with Crippen molar-refractivity contribution in [1.29, 1.82) is 0 Å². The zero-order valence-electron chi connectivity index (χ0n) is 22.6. The predicted molar refractivity (Wildman–Crippen MR) is 142 cm³/mol. The molecule has 38 heavy (non-hydrogen) atoms. The van der Waals surface area contributed by atoms with Crippen LogP contribution in [0.4, 0.5) is 9.18 Å². The summed E-state index contributed by atoms with van der Waals surface area (Å²) < 4.78 is 35.1. The van der Waals surface area contributed by atoms with Gasteiger partial charge in [0.1, 0.15) is 18.2 Å². The number of halogens is 1. The van der Waals surface area contributed by atoms with E-state index < -0.39 is 12.1 Å². The van der Waals surface area contributed by atoms with Gasteiger partial charge in [0.2, 0.25) is 0 Å². The number of hydrogen-bond acceptors (Lipinski definition) is 6. The van der Waals surface area contributed by atoms with E-state index in [1.54, 1.807) is 36.1 Å². The molecule has 1 N–H and O–H groups in total. The van der Waals surface area contributed by atoms with Gasteiger partial charge in [-0.3, -0.25) is 0 Å². The van der Waals surface area contributed by atoms with Crippen molar-refractivity contribution >= 4 is 12.1 Å². The van der Waals surface area contributed by atoms with Crippen LogP contribution in [0.5, 0.6) is 5.75 Å². The molecule has 0 heterocycles. The molecule has 0 aliphatic heterocycles. The Morgan fingerprint density at radius 2 is 1.63 bits per heavy atom. The highest BCUT2D eigenvalue weighted by Gasteiger charge is 2.18. The Morgan fingerprint density at radius 1 is 0.947 bits per heavy atom. The number of unbranched alkanes of at least 4 members (excludes halogenated alkanes) is 1. The third-order valence-electron chi connectivity index (χ3n) is 5.56. The minimum absolute atomic E-state index is 0.235. The summed E-state index contributed by atoms with van der Waals surface area (Å²) in [5, 5.41) is 9.25. The first-order chi connectivity index (χ1) is 18.3. The van der Waals surface area contributed by atoms with E-state index in [2.05, 4.69) is 0 Å². The summed E-state index contributed by atoms with van der Waals surface area (Å²) in [6.07, 6.45) is 0.508. The smallest absolute Gasteiger partial charge is 0.409 e. The maximum absolute atomic E-state index is 13.0. The van der Waals surface area contributed by atoms with Crippen LogP contribution in [0.25, 0.3) is 0 Å². The van der Waals surface area contributed by atoms with Gasteiger partial charge in [0, 0.05) is 26.2 Å². The topological polar surface area (TPSA) is 94.5 Å². The maximum atomic E-state index is 13.0. The van der Waals surface area contributed by atoms with E-state index >= 15 is 0 Å². The van der Waals surface area contributed by atoms with Crippen LogP contribution in [0.3, 0.4) is 0 Å².